The number of hydrogen-bond donors (Lipinski definition) is 3. The van der Waals surface area contributed by atoms with E-state index in [1.165, 1.54) is 0 Å². The van der Waals surface area contributed by atoms with Crippen molar-refractivity contribution in [1.29, 1.82) is 0 Å². The number of nitrogens with one attached hydrogen (secondary N) is 3. The highest BCUT2D eigenvalue weighted by molar-refractivity contribution is 7.98. The summed E-state index contributed by atoms with van der Waals surface area (Å²) in [6.07, 6.45) is 7.33. The van der Waals surface area contributed by atoms with Crippen LogP contribution in [0.5, 0.6) is 0 Å². The summed E-state index contributed by atoms with van der Waals surface area (Å²) < 4.78 is 0. The number of carbonyl (C=O) groups excluding carboxylic acids is 1. The first-order valence-electron chi connectivity index (χ1n) is 8.91. The Balaban J connectivity index is 2.49. The quantitative estimate of drug-likeness (QED) is 0.360. The van der Waals surface area contributed by atoms with E-state index < -0.39 is 0 Å². The van der Waals surface area contributed by atoms with E-state index in [1.807, 2.05) is 25.6 Å². The number of nitrogens with zero attached hydrogens (tertiary/aromatic N) is 1. The molecular weight excluding hydrogens is 308 g/mol. The van der Waals surface area contributed by atoms with Crippen LogP contribution in [0.15, 0.2) is 4.99 Å². The van der Waals surface area contributed by atoms with Crippen molar-refractivity contribution in [3.05, 3.63) is 0 Å². The van der Waals surface area contributed by atoms with Crippen LogP contribution < -0.4 is 16.0 Å². The first-order chi connectivity index (χ1) is 11.1. The highest BCUT2D eigenvalue weighted by Gasteiger charge is 2.27. The van der Waals surface area contributed by atoms with Crippen LogP contribution in [0.1, 0.15) is 52.9 Å². The third-order valence-electron chi connectivity index (χ3n) is 3.94. The molecule has 0 spiro atoms. The van der Waals surface area contributed by atoms with Crippen molar-refractivity contribution in [2.45, 2.75) is 65.0 Å². The predicted octanol–water partition coefficient (Wildman–Crippen LogP) is 2.38. The molecule has 1 aliphatic rings. The second-order valence-electron chi connectivity index (χ2n) is 6.48. The molecule has 0 aromatic rings. The lowest BCUT2D eigenvalue weighted by Gasteiger charge is -2.30. The molecule has 0 heterocycles. The molecule has 0 bridgehead atoms. The van der Waals surface area contributed by atoms with Crippen LogP contribution in [-0.4, -0.2) is 49.0 Å². The van der Waals surface area contributed by atoms with E-state index >= 15 is 0 Å². The molecule has 2 atom stereocenters. The summed E-state index contributed by atoms with van der Waals surface area (Å²) in [5, 5.41) is 9.88. The topological polar surface area (TPSA) is 65.5 Å². The van der Waals surface area contributed by atoms with Crippen molar-refractivity contribution in [2.75, 3.05) is 25.1 Å². The third kappa shape index (κ3) is 8.49. The van der Waals surface area contributed by atoms with Gasteiger partial charge < -0.3 is 16.0 Å². The van der Waals surface area contributed by atoms with Crippen molar-refractivity contribution >= 4 is 23.6 Å². The largest absolute Gasteiger partial charge is 0.357 e. The van der Waals surface area contributed by atoms with E-state index in [2.05, 4.69) is 34.1 Å². The summed E-state index contributed by atoms with van der Waals surface area (Å²) >= 11 is 1.86. The summed E-state index contributed by atoms with van der Waals surface area (Å²) in [5.41, 5.74) is 0. The Hall–Kier alpha value is -0.910. The molecule has 1 amide bonds. The van der Waals surface area contributed by atoms with Gasteiger partial charge in [-0.05, 0) is 58.5 Å². The summed E-state index contributed by atoms with van der Waals surface area (Å²) in [4.78, 5) is 16.9. The second kappa shape index (κ2) is 11.6. The highest BCUT2D eigenvalue weighted by Crippen LogP contribution is 2.24. The minimum absolute atomic E-state index is 0.128. The number of aliphatic imine (C=N–C) groups is 1. The van der Waals surface area contributed by atoms with Crippen LogP contribution in [0.3, 0.4) is 0 Å². The van der Waals surface area contributed by atoms with Gasteiger partial charge in [0, 0.05) is 31.1 Å². The lowest BCUT2D eigenvalue weighted by molar-refractivity contribution is -0.126. The second-order valence-corrected chi connectivity index (χ2v) is 7.46. The molecule has 3 N–H and O–H groups in total. The molecule has 6 heteroatoms. The van der Waals surface area contributed by atoms with Crippen LogP contribution in [0.2, 0.25) is 0 Å². The molecule has 1 aliphatic carbocycles. The van der Waals surface area contributed by atoms with Crippen molar-refractivity contribution in [3.63, 3.8) is 0 Å². The number of amides is 1. The van der Waals surface area contributed by atoms with E-state index in [-0.39, 0.29) is 17.9 Å². The Labute approximate surface area is 145 Å². The van der Waals surface area contributed by atoms with Gasteiger partial charge in [-0.2, -0.15) is 11.8 Å². The first kappa shape index (κ1) is 20.1. The van der Waals surface area contributed by atoms with Gasteiger partial charge in [0.25, 0.3) is 0 Å². The smallest absolute Gasteiger partial charge is 0.223 e. The molecule has 5 nitrogen and oxygen atoms in total. The van der Waals surface area contributed by atoms with Crippen molar-refractivity contribution in [3.8, 4) is 0 Å². The zero-order valence-electron chi connectivity index (χ0n) is 15.2. The minimum atomic E-state index is 0.128. The Bertz CT molecular complexity index is 374. The van der Waals surface area contributed by atoms with Gasteiger partial charge in [-0.15, -0.1) is 0 Å². The van der Waals surface area contributed by atoms with Crippen LogP contribution in [0.25, 0.3) is 0 Å². The van der Waals surface area contributed by atoms with Gasteiger partial charge in [-0.3, -0.25) is 9.79 Å². The molecule has 0 aliphatic heterocycles. The Morgan fingerprint density at radius 3 is 2.78 bits per heavy atom. The van der Waals surface area contributed by atoms with Gasteiger partial charge in [-0.1, -0.05) is 6.42 Å². The van der Waals surface area contributed by atoms with E-state index in [0.29, 0.717) is 6.04 Å². The van der Waals surface area contributed by atoms with E-state index in [4.69, 9.17) is 0 Å². The summed E-state index contributed by atoms with van der Waals surface area (Å²) in [6, 6.07) is 0.552. The van der Waals surface area contributed by atoms with Gasteiger partial charge in [-0.25, -0.2) is 0 Å². The van der Waals surface area contributed by atoms with Crippen molar-refractivity contribution < 1.29 is 4.79 Å². The molecule has 0 aromatic carbocycles. The van der Waals surface area contributed by atoms with Gasteiger partial charge >= 0.3 is 0 Å². The van der Waals surface area contributed by atoms with Crippen LogP contribution in [0.4, 0.5) is 0 Å². The van der Waals surface area contributed by atoms with Crippen LogP contribution >= 0.6 is 11.8 Å². The molecular formula is C17H34N4OS. The molecule has 0 saturated heterocycles. The molecule has 1 fully saturated rings. The third-order valence-corrected chi connectivity index (χ3v) is 4.63. The van der Waals surface area contributed by atoms with E-state index in [1.54, 1.807) is 0 Å². The molecule has 1 saturated carbocycles. The SMILES string of the molecule is CCNC(=NCCCSC)NC1CCCC(C(=O)NC(C)C)C1. The lowest BCUT2D eigenvalue weighted by Crippen LogP contribution is -2.47. The molecule has 1 rings (SSSR count). The monoisotopic (exact) mass is 342 g/mol. The molecule has 134 valence electrons. The number of carbonyl (C=O) groups is 1. The Morgan fingerprint density at radius 2 is 2.13 bits per heavy atom. The first-order valence-corrected chi connectivity index (χ1v) is 10.3. The summed E-state index contributed by atoms with van der Waals surface area (Å²) in [7, 11) is 0. The zero-order chi connectivity index (χ0) is 17.1. The molecule has 0 radical (unpaired) electrons. The number of hydrogen-bond acceptors (Lipinski definition) is 3. The van der Waals surface area contributed by atoms with E-state index in [9.17, 15) is 4.79 Å². The van der Waals surface area contributed by atoms with Crippen molar-refractivity contribution in [2.24, 2.45) is 10.9 Å². The van der Waals surface area contributed by atoms with Crippen molar-refractivity contribution in [1.82, 2.24) is 16.0 Å². The average Bonchev–Trinajstić information content (AvgIpc) is 2.51. The normalized spacial score (nSPS) is 22.0. The zero-order valence-corrected chi connectivity index (χ0v) is 16.0. The van der Waals surface area contributed by atoms with Gasteiger partial charge in [0.15, 0.2) is 5.96 Å². The Morgan fingerprint density at radius 1 is 1.35 bits per heavy atom. The summed E-state index contributed by atoms with van der Waals surface area (Å²) in [6.45, 7) is 7.82. The number of thioether (sulfide) groups is 1. The van der Waals surface area contributed by atoms with Gasteiger partial charge in [0.05, 0.1) is 0 Å². The number of guanidine groups is 1. The molecule has 2 unspecified atom stereocenters. The maximum absolute atomic E-state index is 12.2. The predicted molar refractivity (Wildman–Crippen MR) is 101 cm³/mol. The lowest BCUT2D eigenvalue weighted by atomic mass is 9.85. The standard InChI is InChI=1S/C17H34N4OS/c1-5-18-17(19-10-7-11-23-4)21-15-9-6-8-14(12-15)16(22)20-13(2)3/h13-15H,5-12H2,1-4H3,(H,20,22)(H2,18,19,21). The fourth-order valence-corrected chi connectivity index (χ4v) is 3.29. The van der Waals surface area contributed by atoms with Gasteiger partial charge in [0.2, 0.25) is 5.91 Å². The van der Waals surface area contributed by atoms with Crippen LogP contribution in [0, 0.1) is 5.92 Å². The summed E-state index contributed by atoms with van der Waals surface area (Å²) in [5.74, 6) is 2.36. The van der Waals surface area contributed by atoms with E-state index in [0.717, 1.165) is 56.9 Å². The average molecular weight is 343 g/mol. The highest BCUT2D eigenvalue weighted by atomic mass is 32.2. The maximum atomic E-state index is 12.2. The van der Waals surface area contributed by atoms with Crippen LogP contribution in [-0.2, 0) is 4.79 Å². The fraction of sp³-hybridized carbons (Fsp3) is 0.882. The maximum Gasteiger partial charge on any atom is 0.223 e. The molecule has 23 heavy (non-hydrogen) atoms. The Kier molecular flexibility index (Phi) is 10.2. The minimum Gasteiger partial charge on any atom is -0.357 e. The number of rotatable bonds is 8. The van der Waals surface area contributed by atoms with Gasteiger partial charge in [0.1, 0.15) is 0 Å². The molecule has 0 aromatic heterocycles. The fourth-order valence-electron chi connectivity index (χ4n) is 2.87.